The molecule has 0 amide bonds. The standard InChI is InChI=1S/C25H42O4Si/c1-11-12-19-13-20-21(26)14-22(28-10)25(23(20)27,24(19,8)9)15-29-30(16(2)3,17(4)5)18(6)7/h11,14,16-20H,1,12-13,15H2,2-10H3/t19-,20+,25-/m0/s1. The molecule has 0 heterocycles. The summed E-state index contributed by atoms with van der Waals surface area (Å²) in [5.41, 5.74) is -0.118. The van der Waals surface area contributed by atoms with Gasteiger partial charge in [-0.15, -0.1) is 6.58 Å². The van der Waals surface area contributed by atoms with Crippen molar-refractivity contribution in [1.82, 2.24) is 0 Å². The lowest BCUT2D eigenvalue weighted by Crippen LogP contribution is -2.63. The van der Waals surface area contributed by atoms with Gasteiger partial charge in [0.15, 0.2) is 19.9 Å². The Balaban J connectivity index is 2.66. The largest absolute Gasteiger partial charge is 0.500 e. The summed E-state index contributed by atoms with van der Waals surface area (Å²) in [6.07, 6.45) is 4.82. The van der Waals surface area contributed by atoms with E-state index in [4.69, 9.17) is 9.16 Å². The summed E-state index contributed by atoms with van der Waals surface area (Å²) >= 11 is 0. The van der Waals surface area contributed by atoms with Crippen molar-refractivity contribution in [1.29, 1.82) is 0 Å². The second kappa shape index (κ2) is 8.74. The van der Waals surface area contributed by atoms with E-state index in [2.05, 4.69) is 62.0 Å². The van der Waals surface area contributed by atoms with Gasteiger partial charge in [0.25, 0.3) is 0 Å². The Morgan fingerprint density at radius 3 is 2.10 bits per heavy atom. The van der Waals surface area contributed by atoms with E-state index in [1.807, 2.05) is 6.08 Å². The number of carbonyl (C=O) groups is 2. The SMILES string of the molecule is C=CC[C@H]1C[C@@H]2C(=O)C=C(OC)[C@@](CO[Si](C(C)C)(C(C)C)C(C)C)(C2=O)C1(C)C. The number of ketones is 2. The Hall–Kier alpha value is -1.20. The molecule has 0 aromatic carbocycles. The summed E-state index contributed by atoms with van der Waals surface area (Å²) in [6.45, 7) is 22.0. The maximum atomic E-state index is 13.9. The topological polar surface area (TPSA) is 52.6 Å². The van der Waals surface area contributed by atoms with Crippen LogP contribution in [0.25, 0.3) is 0 Å². The number of carbonyl (C=O) groups excluding carboxylic acids is 2. The zero-order valence-corrected chi connectivity index (χ0v) is 21.5. The third kappa shape index (κ3) is 3.46. The molecule has 2 aliphatic rings. The van der Waals surface area contributed by atoms with Gasteiger partial charge in [-0.25, -0.2) is 0 Å². The zero-order valence-electron chi connectivity index (χ0n) is 20.5. The molecule has 0 aromatic heterocycles. The fraction of sp³-hybridized carbons (Fsp3) is 0.760. The average Bonchev–Trinajstić information content (AvgIpc) is 2.63. The van der Waals surface area contributed by atoms with Crippen LogP contribution in [0.15, 0.2) is 24.5 Å². The summed E-state index contributed by atoms with van der Waals surface area (Å²) in [4.78, 5) is 26.6. The van der Waals surface area contributed by atoms with Crippen molar-refractivity contribution >= 4 is 19.9 Å². The Labute approximate surface area is 184 Å². The van der Waals surface area contributed by atoms with Gasteiger partial charge in [-0.2, -0.15) is 0 Å². The van der Waals surface area contributed by atoms with Crippen LogP contribution >= 0.6 is 0 Å². The minimum absolute atomic E-state index is 0.0173. The summed E-state index contributed by atoms with van der Waals surface area (Å²) in [7, 11) is -0.636. The van der Waals surface area contributed by atoms with E-state index in [1.165, 1.54) is 0 Å². The molecule has 4 nitrogen and oxygen atoms in total. The average molecular weight is 435 g/mol. The van der Waals surface area contributed by atoms with Crippen LogP contribution in [0.2, 0.25) is 16.6 Å². The highest BCUT2D eigenvalue weighted by molar-refractivity contribution is 6.77. The number of fused-ring (bicyclic) bond motifs is 2. The first kappa shape index (κ1) is 25.1. The third-order valence-corrected chi connectivity index (χ3v) is 14.4. The first-order chi connectivity index (χ1) is 13.8. The second-order valence-corrected chi connectivity index (χ2v) is 16.2. The highest BCUT2D eigenvalue weighted by Gasteiger charge is 2.66. The molecular formula is C25H42O4Si. The van der Waals surface area contributed by atoms with Gasteiger partial charge in [-0.1, -0.05) is 61.5 Å². The fourth-order valence-corrected chi connectivity index (χ4v) is 12.0. The Kier molecular flexibility index (Phi) is 7.30. The van der Waals surface area contributed by atoms with Crippen molar-refractivity contribution in [3.63, 3.8) is 0 Å². The van der Waals surface area contributed by atoms with Gasteiger partial charge in [-0.05, 0) is 40.8 Å². The van der Waals surface area contributed by atoms with E-state index < -0.39 is 25.1 Å². The molecule has 2 bridgehead atoms. The molecule has 1 saturated carbocycles. The van der Waals surface area contributed by atoms with E-state index in [9.17, 15) is 9.59 Å². The number of ether oxygens (including phenoxy) is 1. The fourth-order valence-electron chi connectivity index (χ4n) is 6.57. The van der Waals surface area contributed by atoms with E-state index in [1.54, 1.807) is 13.2 Å². The summed E-state index contributed by atoms with van der Waals surface area (Å²) < 4.78 is 12.7. The van der Waals surface area contributed by atoms with E-state index in [-0.39, 0.29) is 24.1 Å². The Bertz CT molecular complexity index is 697. The molecule has 5 heteroatoms. The van der Waals surface area contributed by atoms with Crippen LogP contribution in [-0.2, 0) is 18.8 Å². The number of methoxy groups -OCH3 is 1. The quantitative estimate of drug-likeness (QED) is 0.250. The number of Topliss-reactive ketones (excluding diaryl/α,β-unsaturated/α-hetero) is 1. The molecule has 1 fully saturated rings. The first-order valence-corrected chi connectivity index (χ1v) is 13.6. The molecule has 2 rings (SSSR count). The van der Waals surface area contributed by atoms with Gasteiger partial charge in [0.1, 0.15) is 11.2 Å². The van der Waals surface area contributed by atoms with Gasteiger partial charge in [0, 0.05) is 6.08 Å². The van der Waals surface area contributed by atoms with Crippen LogP contribution in [0.4, 0.5) is 0 Å². The molecule has 0 unspecified atom stereocenters. The van der Waals surface area contributed by atoms with Crippen molar-refractivity contribution in [2.75, 3.05) is 13.7 Å². The lowest BCUT2D eigenvalue weighted by molar-refractivity contribution is -0.162. The molecule has 0 N–H and O–H groups in total. The van der Waals surface area contributed by atoms with E-state index in [0.717, 1.165) is 6.42 Å². The predicted molar refractivity (Wildman–Crippen MR) is 125 cm³/mol. The minimum Gasteiger partial charge on any atom is -0.500 e. The Morgan fingerprint density at radius 1 is 1.13 bits per heavy atom. The van der Waals surface area contributed by atoms with Crippen LogP contribution < -0.4 is 0 Å². The second-order valence-electron chi connectivity index (χ2n) is 10.7. The molecule has 0 spiro atoms. The minimum atomic E-state index is -2.20. The predicted octanol–water partition coefficient (Wildman–Crippen LogP) is 6.09. The smallest absolute Gasteiger partial charge is 0.200 e. The van der Waals surface area contributed by atoms with Crippen LogP contribution in [0, 0.1) is 22.7 Å². The van der Waals surface area contributed by atoms with Crippen molar-refractivity contribution in [2.45, 2.75) is 84.9 Å². The summed E-state index contributed by atoms with van der Waals surface area (Å²) in [6, 6.07) is 0. The molecule has 0 aliphatic heterocycles. The zero-order chi connectivity index (χ0) is 23.1. The van der Waals surface area contributed by atoms with Crippen molar-refractivity contribution in [3.05, 3.63) is 24.5 Å². The lowest BCUT2D eigenvalue weighted by Gasteiger charge is -2.57. The summed E-state index contributed by atoms with van der Waals surface area (Å²) in [5.74, 6) is -0.101. The lowest BCUT2D eigenvalue weighted by atomic mass is 9.47. The maximum Gasteiger partial charge on any atom is 0.200 e. The number of hydrogen-bond donors (Lipinski definition) is 0. The Morgan fingerprint density at radius 2 is 1.67 bits per heavy atom. The third-order valence-electron chi connectivity index (χ3n) is 8.33. The number of hydrogen-bond acceptors (Lipinski definition) is 4. The normalized spacial score (nSPS) is 28.9. The molecule has 3 atom stereocenters. The number of rotatable bonds is 9. The highest BCUT2D eigenvalue weighted by atomic mass is 28.4. The molecule has 170 valence electrons. The van der Waals surface area contributed by atoms with Gasteiger partial charge in [-0.3, -0.25) is 9.59 Å². The van der Waals surface area contributed by atoms with Crippen molar-refractivity contribution in [2.24, 2.45) is 22.7 Å². The summed E-state index contributed by atoms with van der Waals surface area (Å²) in [5, 5.41) is 0. The van der Waals surface area contributed by atoms with Crippen LogP contribution in [0.1, 0.15) is 68.2 Å². The highest BCUT2D eigenvalue weighted by Crippen LogP contribution is 2.61. The van der Waals surface area contributed by atoms with Gasteiger partial charge in [0.2, 0.25) is 0 Å². The molecular weight excluding hydrogens is 392 g/mol. The molecule has 2 aliphatic carbocycles. The van der Waals surface area contributed by atoms with Crippen LogP contribution in [-0.4, -0.2) is 33.6 Å². The van der Waals surface area contributed by atoms with Gasteiger partial charge in [0.05, 0.1) is 19.6 Å². The van der Waals surface area contributed by atoms with Crippen LogP contribution in [0.5, 0.6) is 0 Å². The van der Waals surface area contributed by atoms with E-state index >= 15 is 0 Å². The molecule has 0 aromatic rings. The van der Waals surface area contributed by atoms with Crippen molar-refractivity contribution in [3.8, 4) is 0 Å². The monoisotopic (exact) mass is 434 g/mol. The maximum absolute atomic E-state index is 13.9. The molecule has 30 heavy (non-hydrogen) atoms. The van der Waals surface area contributed by atoms with Gasteiger partial charge < -0.3 is 9.16 Å². The first-order valence-electron chi connectivity index (χ1n) is 11.4. The van der Waals surface area contributed by atoms with Crippen molar-refractivity contribution < 1.29 is 18.8 Å². The van der Waals surface area contributed by atoms with Gasteiger partial charge >= 0.3 is 0 Å². The molecule has 0 saturated heterocycles. The molecule has 0 radical (unpaired) electrons. The number of allylic oxidation sites excluding steroid dienone is 2. The van der Waals surface area contributed by atoms with Crippen LogP contribution in [0.3, 0.4) is 0 Å². The van der Waals surface area contributed by atoms with E-state index in [0.29, 0.717) is 28.8 Å².